The van der Waals surface area contributed by atoms with Gasteiger partial charge in [0.2, 0.25) is 5.91 Å². The third-order valence-electron chi connectivity index (χ3n) is 4.19. The van der Waals surface area contributed by atoms with Crippen LogP contribution in [0.1, 0.15) is 30.4 Å². The molecule has 2 bridgehead atoms. The molecule has 4 nitrogen and oxygen atoms in total. The lowest BCUT2D eigenvalue weighted by molar-refractivity contribution is -0.164. The van der Waals surface area contributed by atoms with Gasteiger partial charge >= 0.3 is 5.97 Å². The van der Waals surface area contributed by atoms with Crippen molar-refractivity contribution in [1.82, 2.24) is 5.32 Å². The van der Waals surface area contributed by atoms with Crippen molar-refractivity contribution >= 4 is 11.9 Å². The third-order valence-corrected chi connectivity index (χ3v) is 4.19. The lowest BCUT2D eigenvalue weighted by Gasteiger charge is -2.43. The van der Waals surface area contributed by atoms with E-state index in [1.54, 1.807) is 6.92 Å². The van der Waals surface area contributed by atoms with Gasteiger partial charge in [-0.05, 0) is 30.9 Å². The topological polar surface area (TPSA) is 55.4 Å². The van der Waals surface area contributed by atoms with Crippen LogP contribution < -0.4 is 5.32 Å². The minimum absolute atomic E-state index is 0.184. The zero-order valence-electron chi connectivity index (χ0n) is 10.9. The molecule has 2 aliphatic rings. The van der Waals surface area contributed by atoms with E-state index in [1.165, 1.54) is 5.56 Å². The molecular weight excluding hydrogens is 242 g/mol. The van der Waals surface area contributed by atoms with Gasteiger partial charge in [-0.15, -0.1) is 0 Å². The van der Waals surface area contributed by atoms with E-state index in [4.69, 9.17) is 4.74 Å². The number of hydrogen-bond acceptors (Lipinski definition) is 3. The van der Waals surface area contributed by atoms with Crippen molar-refractivity contribution in [3.63, 3.8) is 0 Å². The van der Waals surface area contributed by atoms with Crippen LogP contribution in [0.3, 0.4) is 0 Å². The molecule has 1 aliphatic carbocycles. The molecule has 100 valence electrons. The van der Waals surface area contributed by atoms with Crippen LogP contribution in [0, 0.1) is 5.41 Å². The summed E-state index contributed by atoms with van der Waals surface area (Å²) in [5, 5.41) is 2.87. The molecule has 1 fully saturated rings. The summed E-state index contributed by atoms with van der Waals surface area (Å²) in [7, 11) is 0. The van der Waals surface area contributed by atoms with Gasteiger partial charge in [0.25, 0.3) is 0 Å². The van der Waals surface area contributed by atoms with Gasteiger partial charge in [-0.2, -0.15) is 0 Å². The molecule has 4 heteroatoms. The fourth-order valence-corrected chi connectivity index (χ4v) is 3.28. The van der Waals surface area contributed by atoms with E-state index in [9.17, 15) is 9.59 Å². The number of benzene rings is 1. The number of carbonyl (C=O) groups is 2. The highest BCUT2D eigenvalue weighted by atomic mass is 16.5. The molecule has 0 radical (unpaired) electrons. The van der Waals surface area contributed by atoms with Crippen LogP contribution in [0.25, 0.3) is 0 Å². The van der Waals surface area contributed by atoms with Gasteiger partial charge < -0.3 is 10.1 Å². The Kier molecular flexibility index (Phi) is 2.81. The summed E-state index contributed by atoms with van der Waals surface area (Å²) in [5.74, 6) is -0.351. The number of piperidine rings is 1. The van der Waals surface area contributed by atoms with Crippen LogP contribution in [0.4, 0.5) is 0 Å². The largest absolute Gasteiger partial charge is 0.465 e. The molecule has 1 aliphatic heterocycles. The predicted molar refractivity (Wildman–Crippen MR) is 69.6 cm³/mol. The summed E-state index contributed by atoms with van der Waals surface area (Å²) < 4.78 is 5.14. The lowest BCUT2D eigenvalue weighted by Crippen LogP contribution is -2.56. The van der Waals surface area contributed by atoms with Crippen LogP contribution in [-0.2, 0) is 20.7 Å². The van der Waals surface area contributed by atoms with Gasteiger partial charge in [0.1, 0.15) is 0 Å². The minimum Gasteiger partial charge on any atom is -0.465 e. The normalized spacial score (nSPS) is 28.3. The molecule has 1 aromatic rings. The number of hydrogen-bond donors (Lipinski definition) is 1. The van der Waals surface area contributed by atoms with Crippen molar-refractivity contribution in [2.75, 3.05) is 13.2 Å². The number of esters is 1. The molecular formula is C15H17NO3. The lowest BCUT2D eigenvalue weighted by atomic mass is 9.64. The highest BCUT2D eigenvalue weighted by molar-refractivity contribution is 6.04. The van der Waals surface area contributed by atoms with Crippen molar-refractivity contribution in [1.29, 1.82) is 0 Å². The standard InChI is InChI=1S/C15H17NO3/c1-2-19-14(18)15-7-10-5-3-4-6-12(10)11(8-15)9-16-13(15)17/h3-6,11H,2,7-9H2,1H3,(H,16,17). The number of rotatable bonds is 2. The summed E-state index contributed by atoms with van der Waals surface area (Å²) in [5.41, 5.74) is 1.33. The van der Waals surface area contributed by atoms with E-state index < -0.39 is 5.41 Å². The van der Waals surface area contributed by atoms with E-state index in [2.05, 4.69) is 11.4 Å². The molecule has 1 aromatic carbocycles. The van der Waals surface area contributed by atoms with Crippen molar-refractivity contribution in [2.24, 2.45) is 5.41 Å². The average molecular weight is 259 g/mol. The van der Waals surface area contributed by atoms with Gasteiger partial charge in [0.15, 0.2) is 5.41 Å². The smallest absolute Gasteiger partial charge is 0.322 e. The highest BCUT2D eigenvalue weighted by Crippen LogP contribution is 2.45. The van der Waals surface area contributed by atoms with Crippen LogP contribution in [0.2, 0.25) is 0 Å². The Bertz CT molecular complexity index is 540. The number of fused-ring (bicyclic) bond motifs is 4. The van der Waals surface area contributed by atoms with Gasteiger partial charge in [0, 0.05) is 12.5 Å². The maximum absolute atomic E-state index is 12.3. The molecule has 1 N–H and O–H groups in total. The first-order valence-corrected chi connectivity index (χ1v) is 6.70. The molecule has 3 rings (SSSR count). The van der Waals surface area contributed by atoms with Gasteiger partial charge in [0.05, 0.1) is 6.61 Å². The quantitative estimate of drug-likeness (QED) is 0.645. The number of amides is 1. The first kappa shape index (κ1) is 12.2. The fourth-order valence-electron chi connectivity index (χ4n) is 3.28. The van der Waals surface area contributed by atoms with Crippen LogP contribution >= 0.6 is 0 Å². The maximum atomic E-state index is 12.3. The Morgan fingerprint density at radius 2 is 2.26 bits per heavy atom. The zero-order valence-corrected chi connectivity index (χ0v) is 10.9. The summed E-state index contributed by atoms with van der Waals surface area (Å²) in [6.07, 6.45) is 1.01. The number of ether oxygens (including phenoxy) is 1. The average Bonchev–Trinajstić information content (AvgIpc) is 2.43. The van der Waals surface area contributed by atoms with E-state index in [0.717, 1.165) is 5.56 Å². The molecule has 0 saturated carbocycles. The van der Waals surface area contributed by atoms with Gasteiger partial charge in [-0.25, -0.2) is 0 Å². The van der Waals surface area contributed by atoms with Crippen LogP contribution in [-0.4, -0.2) is 25.0 Å². The Labute approximate surface area is 112 Å². The van der Waals surface area contributed by atoms with E-state index in [0.29, 0.717) is 26.0 Å². The van der Waals surface area contributed by atoms with Crippen molar-refractivity contribution in [2.45, 2.75) is 25.7 Å². The molecule has 0 spiro atoms. The molecule has 1 heterocycles. The van der Waals surface area contributed by atoms with Gasteiger partial charge in [-0.1, -0.05) is 24.3 Å². The van der Waals surface area contributed by atoms with E-state index >= 15 is 0 Å². The fraction of sp³-hybridized carbons (Fsp3) is 0.467. The Hall–Kier alpha value is -1.84. The van der Waals surface area contributed by atoms with E-state index in [-0.39, 0.29) is 17.8 Å². The summed E-state index contributed by atoms with van der Waals surface area (Å²) in [6.45, 7) is 2.68. The Morgan fingerprint density at radius 1 is 1.47 bits per heavy atom. The zero-order chi connectivity index (χ0) is 13.5. The van der Waals surface area contributed by atoms with Crippen LogP contribution in [0.15, 0.2) is 24.3 Å². The van der Waals surface area contributed by atoms with Crippen molar-refractivity contribution in [3.05, 3.63) is 35.4 Å². The molecule has 0 aromatic heterocycles. The first-order chi connectivity index (χ1) is 9.17. The highest BCUT2D eigenvalue weighted by Gasteiger charge is 2.54. The first-order valence-electron chi connectivity index (χ1n) is 6.70. The molecule has 1 amide bonds. The molecule has 19 heavy (non-hydrogen) atoms. The third kappa shape index (κ3) is 1.74. The second kappa shape index (κ2) is 4.37. The van der Waals surface area contributed by atoms with Crippen LogP contribution in [0.5, 0.6) is 0 Å². The SMILES string of the molecule is CCOC(=O)C12Cc3ccccc3C(CNC1=O)C2. The Morgan fingerprint density at radius 3 is 3.05 bits per heavy atom. The summed E-state index contributed by atoms with van der Waals surface area (Å²) in [4.78, 5) is 24.5. The second-order valence-corrected chi connectivity index (χ2v) is 5.29. The van der Waals surface area contributed by atoms with Gasteiger partial charge in [-0.3, -0.25) is 9.59 Å². The monoisotopic (exact) mass is 259 g/mol. The Balaban J connectivity index is 2.05. The maximum Gasteiger partial charge on any atom is 0.322 e. The number of carbonyl (C=O) groups excluding carboxylic acids is 2. The molecule has 1 saturated heterocycles. The van der Waals surface area contributed by atoms with E-state index in [1.807, 2.05) is 18.2 Å². The van der Waals surface area contributed by atoms with Crippen molar-refractivity contribution < 1.29 is 14.3 Å². The minimum atomic E-state index is -1.02. The second-order valence-electron chi connectivity index (χ2n) is 5.29. The number of nitrogens with one attached hydrogen (secondary N) is 1. The summed E-state index contributed by atoms with van der Waals surface area (Å²) >= 11 is 0. The predicted octanol–water partition coefficient (Wildman–Crippen LogP) is 1.40. The molecule has 2 atom stereocenters. The summed E-state index contributed by atoms with van der Waals surface area (Å²) in [6, 6.07) is 8.06. The van der Waals surface area contributed by atoms with Crippen molar-refractivity contribution in [3.8, 4) is 0 Å². The molecule has 2 unspecified atom stereocenters.